The standard InChI is InChI=1S/C77H117N23O18/c1-38(2)30-52(93-65(108)51(18-13-29-88-77(84)85)92-73(116)62(41(7)8)100-71(114)56(35-59(78)103)98-72(115)61(79)40(5)6)66(109)90-49(16-11-27-86-75(80)81)63(106)94-53(32-42-19-23-45(101)24-20-42)67(110)95-54(33-43-21-25-46(102)26-22-43)68(111)96-55(34-44-37-89-48-15-10-9-14-47(44)48)69(112)91-50(17-12-28-87-76(82)83)64(107)97-57(36-60(104)105)70(113)99-58(74(117)118)31-39(3)4/h9-10,14-15,19-26,37-41,49-58,61-62,89,101-102H,11-13,16-18,27-36,79H2,1-8H3,(H2,78,103)(H,90,109)(H,91,112)(H,92,116)(H,93,108)(H,94,106)(H,95,110)(H,96,111)(H,97,107)(H,98,115)(H,99,113)(H,100,114)(H,104,105)(H,117,118)(H4,80,81,86)(H4,82,83,87)(H4,84,85,88)/t49-,50-,51-,52-,53-,54-,55-,56-,57-,58-,61-,62-/m0/s1. The fourth-order valence-electron chi connectivity index (χ4n) is 12.3. The molecule has 118 heavy (non-hydrogen) atoms. The number of para-hydroxylation sites is 1. The number of fused-ring (bicyclic) bond motifs is 1. The summed E-state index contributed by atoms with van der Waals surface area (Å²) >= 11 is 0. The van der Waals surface area contributed by atoms with Crippen LogP contribution in [0.15, 0.2) is 79.0 Å². The molecule has 0 fully saturated rings. The average Bonchev–Trinajstić information content (AvgIpc) is 1.64. The Bertz CT molecular complexity index is 4140. The van der Waals surface area contributed by atoms with E-state index in [2.05, 4.69) is 79.4 Å². The molecule has 0 saturated heterocycles. The van der Waals surface area contributed by atoms with E-state index >= 15 is 19.2 Å². The summed E-state index contributed by atoms with van der Waals surface area (Å²) in [6, 6.07) is -1.07. The molecule has 648 valence electrons. The van der Waals surface area contributed by atoms with Crippen molar-refractivity contribution in [3.63, 3.8) is 0 Å². The number of H-pyrrole nitrogens is 1. The van der Waals surface area contributed by atoms with E-state index in [1.165, 1.54) is 48.5 Å². The van der Waals surface area contributed by atoms with Gasteiger partial charge in [-0.2, -0.15) is 0 Å². The Labute approximate surface area is 682 Å². The highest BCUT2D eigenvalue weighted by atomic mass is 16.4. The van der Waals surface area contributed by atoms with Crippen LogP contribution in [0.2, 0.25) is 0 Å². The number of benzene rings is 3. The molecule has 0 aliphatic heterocycles. The third-order valence-electron chi connectivity index (χ3n) is 18.6. The van der Waals surface area contributed by atoms with Crippen LogP contribution in [0.1, 0.15) is 136 Å². The van der Waals surface area contributed by atoms with Gasteiger partial charge < -0.3 is 129 Å². The van der Waals surface area contributed by atoms with Gasteiger partial charge in [-0.25, -0.2) is 4.79 Å². The van der Waals surface area contributed by atoms with Crippen molar-refractivity contribution >= 4 is 112 Å². The number of carboxylic acids is 2. The monoisotopic (exact) mass is 1650 g/mol. The molecular weight excluding hydrogens is 1530 g/mol. The minimum absolute atomic E-state index is 0.00563. The number of rotatable bonds is 51. The van der Waals surface area contributed by atoms with Crippen LogP contribution in [-0.4, -0.2) is 218 Å². The van der Waals surface area contributed by atoms with Gasteiger partial charge in [0, 0.05) is 56.0 Å². The van der Waals surface area contributed by atoms with Crippen molar-refractivity contribution in [2.75, 3.05) is 19.6 Å². The zero-order chi connectivity index (χ0) is 88.2. The van der Waals surface area contributed by atoms with Crippen LogP contribution in [0.5, 0.6) is 11.5 Å². The Balaban J connectivity index is 1.81. The molecule has 41 heteroatoms. The Kier molecular flexibility index (Phi) is 40.1. The van der Waals surface area contributed by atoms with Crippen molar-refractivity contribution in [1.29, 1.82) is 16.2 Å². The van der Waals surface area contributed by atoms with Crippen molar-refractivity contribution in [3.05, 3.63) is 95.7 Å². The fraction of sp³-hybridized carbons (Fsp3) is 0.519. The SMILES string of the molecule is CC(C)C[C@H](NC(=O)[C@H](CC(=O)O)NC(=O)[C@H](CCCNC(=N)N)NC(=O)[C@H](Cc1c[nH]c2ccccc12)NC(=O)[C@H](Cc1ccc(O)cc1)NC(=O)[C@H](Cc1ccc(O)cc1)NC(=O)[C@H](CCCNC(=N)N)NC(=O)[C@H](CC(C)C)NC(=O)[C@H](CCCNC(=N)N)NC(=O)[C@@H](NC(=O)[C@H](CC(N)=O)NC(=O)[C@@H](N)C(C)C)C(C)C)C(=O)O. The Morgan fingerprint density at radius 2 is 0.729 bits per heavy atom. The Morgan fingerprint density at radius 1 is 0.390 bits per heavy atom. The molecule has 0 radical (unpaired) electrons. The number of phenolic OH excluding ortho intramolecular Hbond substituents is 2. The topological polar surface area (TPSA) is 706 Å². The molecule has 3 aromatic carbocycles. The number of aromatic amines is 1. The van der Waals surface area contributed by atoms with Crippen molar-refractivity contribution in [2.24, 2.45) is 52.3 Å². The van der Waals surface area contributed by atoms with Gasteiger partial charge in [0.25, 0.3) is 0 Å². The van der Waals surface area contributed by atoms with Crippen molar-refractivity contribution in [1.82, 2.24) is 79.4 Å². The highest BCUT2D eigenvalue weighted by Crippen LogP contribution is 2.22. The first-order valence-electron chi connectivity index (χ1n) is 38.7. The second kappa shape index (κ2) is 48.5. The van der Waals surface area contributed by atoms with Crippen LogP contribution in [0.4, 0.5) is 0 Å². The molecule has 41 nitrogen and oxygen atoms in total. The normalized spacial score (nSPS) is 14.2. The molecule has 0 saturated carbocycles. The molecule has 12 amide bonds. The Hall–Kier alpha value is -12.8. The molecule has 12 atom stereocenters. The molecule has 1 heterocycles. The third kappa shape index (κ3) is 34.7. The maximum atomic E-state index is 15.4. The van der Waals surface area contributed by atoms with Gasteiger partial charge in [-0.15, -0.1) is 0 Å². The lowest BCUT2D eigenvalue weighted by Crippen LogP contribution is -2.61. The molecule has 4 aromatic rings. The summed E-state index contributed by atoms with van der Waals surface area (Å²) in [5.74, 6) is -18.5. The van der Waals surface area contributed by atoms with Crippen LogP contribution < -0.4 is 103 Å². The largest absolute Gasteiger partial charge is 0.508 e. The van der Waals surface area contributed by atoms with E-state index in [9.17, 15) is 68.4 Å². The summed E-state index contributed by atoms with van der Waals surface area (Å²) < 4.78 is 0. The van der Waals surface area contributed by atoms with E-state index in [0.29, 0.717) is 27.6 Å². The zero-order valence-electron chi connectivity index (χ0n) is 67.4. The highest BCUT2D eigenvalue weighted by Gasteiger charge is 2.39. The molecule has 0 unspecified atom stereocenters. The van der Waals surface area contributed by atoms with Crippen LogP contribution in [0, 0.1) is 39.9 Å². The number of primary amides is 1. The summed E-state index contributed by atoms with van der Waals surface area (Å²) in [6.45, 7) is 13.2. The third-order valence-corrected chi connectivity index (χ3v) is 18.6. The van der Waals surface area contributed by atoms with Crippen molar-refractivity contribution < 1.29 is 87.5 Å². The summed E-state index contributed by atoms with van der Waals surface area (Å²) in [7, 11) is 0. The number of aromatic hydroxyl groups is 2. The van der Waals surface area contributed by atoms with Gasteiger partial charge >= 0.3 is 11.9 Å². The molecule has 0 spiro atoms. The predicted molar refractivity (Wildman–Crippen MR) is 435 cm³/mol. The number of phenols is 2. The molecule has 1 aromatic heterocycles. The second-order valence-electron chi connectivity index (χ2n) is 30.2. The first kappa shape index (κ1) is 97.5. The van der Waals surface area contributed by atoms with Gasteiger partial charge in [0.15, 0.2) is 17.9 Å². The van der Waals surface area contributed by atoms with E-state index in [0.717, 1.165) is 0 Å². The summed E-state index contributed by atoms with van der Waals surface area (Å²) in [5, 5.41) is 100. The second-order valence-corrected chi connectivity index (χ2v) is 30.2. The number of carbonyl (C=O) groups excluding carboxylic acids is 12. The van der Waals surface area contributed by atoms with E-state index in [1.807, 2.05) is 0 Å². The molecule has 0 bridgehead atoms. The minimum atomic E-state index is -1.90. The van der Waals surface area contributed by atoms with E-state index in [1.54, 1.807) is 85.9 Å². The number of carboxylic acid groups (broad SMARTS) is 2. The lowest BCUT2D eigenvalue weighted by Gasteiger charge is -2.29. The van der Waals surface area contributed by atoms with Gasteiger partial charge in [0.05, 0.1) is 18.9 Å². The van der Waals surface area contributed by atoms with Crippen LogP contribution in [-0.2, 0) is 86.4 Å². The molecular formula is C77H117N23O18. The number of amides is 12. The maximum Gasteiger partial charge on any atom is 0.326 e. The van der Waals surface area contributed by atoms with Crippen molar-refractivity contribution in [3.8, 4) is 11.5 Å². The average molecular weight is 1650 g/mol. The Morgan fingerprint density at radius 3 is 1.13 bits per heavy atom. The smallest absolute Gasteiger partial charge is 0.326 e. The summed E-state index contributed by atoms with van der Waals surface area (Å²) in [4.78, 5) is 200. The number of aliphatic carboxylic acids is 2. The van der Waals surface area contributed by atoms with Gasteiger partial charge in [-0.3, -0.25) is 78.6 Å². The predicted octanol–water partition coefficient (Wildman–Crippen LogP) is -3.10. The van der Waals surface area contributed by atoms with Gasteiger partial charge in [0.1, 0.15) is 78.0 Å². The number of hydrogen-bond acceptors (Lipinski definition) is 20. The summed E-state index contributed by atoms with van der Waals surface area (Å²) in [6.07, 6.45) is -2.13. The first-order chi connectivity index (χ1) is 55.5. The molecule has 4 rings (SSSR count). The maximum absolute atomic E-state index is 15.4. The van der Waals surface area contributed by atoms with Crippen molar-refractivity contribution in [2.45, 2.75) is 211 Å². The lowest BCUT2D eigenvalue weighted by molar-refractivity contribution is -0.144. The number of carbonyl (C=O) groups is 14. The van der Waals surface area contributed by atoms with Gasteiger partial charge in [-0.1, -0.05) is 97.9 Å². The molecule has 32 N–H and O–H groups in total. The lowest BCUT2D eigenvalue weighted by atomic mass is 9.99. The zero-order valence-corrected chi connectivity index (χ0v) is 67.4. The van der Waals surface area contributed by atoms with E-state index in [4.69, 9.17) is 44.9 Å². The first-order valence-corrected chi connectivity index (χ1v) is 38.7. The fourth-order valence-corrected chi connectivity index (χ4v) is 12.3. The quantitative estimate of drug-likeness (QED) is 0.0118. The summed E-state index contributed by atoms with van der Waals surface area (Å²) in [5.41, 5.74) is 29.8. The van der Waals surface area contributed by atoms with Crippen LogP contribution >= 0.6 is 0 Å². The van der Waals surface area contributed by atoms with Crippen LogP contribution in [0.25, 0.3) is 10.9 Å². The molecule has 0 aliphatic rings. The number of nitrogens with two attached hydrogens (primary N) is 5. The highest BCUT2D eigenvalue weighted by molar-refractivity contribution is 6.01. The number of hydrogen-bond donors (Lipinski definition) is 27. The van der Waals surface area contributed by atoms with Gasteiger partial charge in [-0.05, 0) is 122 Å². The number of nitrogens with one attached hydrogen (secondary N) is 18. The minimum Gasteiger partial charge on any atom is -0.508 e. The molecule has 0 aliphatic carbocycles. The van der Waals surface area contributed by atoms with Crippen LogP contribution in [0.3, 0.4) is 0 Å². The van der Waals surface area contributed by atoms with E-state index in [-0.39, 0.29) is 113 Å². The van der Waals surface area contributed by atoms with Gasteiger partial charge in [0.2, 0.25) is 70.9 Å². The number of guanidine groups is 3. The number of aromatic nitrogens is 1. The van der Waals surface area contributed by atoms with E-state index < -0.39 is 198 Å².